The first kappa shape index (κ1) is 22.2. The molecule has 1 aromatic carbocycles. The molecule has 156 valence electrons. The van der Waals surface area contributed by atoms with Crippen LogP contribution in [0.3, 0.4) is 0 Å². The molecule has 0 bridgehead atoms. The molecule has 0 radical (unpaired) electrons. The smallest absolute Gasteiger partial charge is 0.312 e. The van der Waals surface area contributed by atoms with Crippen LogP contribution in [0.1, 0.15) is 53.2 Å². The second-order valence-electron chi connectivity index (χ2n) is 9.45. The van der Waals surface area contributed by atoms with Crippen LogP contribution in [0.2, 0.25) is 0 Å². The maximum atomic E-state index is 13.2. The van der Waals surface area contributed by atoms with Crippen molar-refractivity contribution in [2.75, 3.05) is 33.2 Å². The average molecular weight is 391 g/mol. The van der Waals surface area contributed by atoms with Crippen molar-refractivity contribution in [1.29, 1.82) is 0 Å². The second-order valence-corrected chi connectivity index (χ2v) is 9.45. The van der Waals surface area contributed by atoms with Gasteiger partial charge in [-0.25, -0.2) is 0 Å². The molecule has 2 rings (SSSR count). The Morgan fingerprint density at radius 1 is 0.929 bits per heavy atom. The number of likely N-dealkylation sites (N-methyl/N-ethyl adjacent to an activating group) is 1. The highest BCUT2D eigenvalue weighted by molar-refractivity contribution is 5.86. The summed E-state index contributed by atoms with van der Waals surface area (Å²) in [7, 11) is 2.03. The fourth-order valence-electron chi connectivity index (χ4n) is 2.80. The van der Waals surface area contributed by atoms with Crippen molar-refractivity contribution in [3.8, 4) is 5.75 Å². The van der Waals surface area contributed by atoms with Gasteiger partial charge >= 0.3 is 5.97 Å². The maximum absolute atomic E-state index is 13.2. The molecule has 1 saturated heterocycles. The van der Waals surface area contributed by atoms with Gasteiger partial charge in [-0.05, 0) is 60.7 Å². The number of piperazine rings is 1. The van der Waals surface area contributed by atoms with Crippen LogP contribution in [-0.2, 0) is 14.3 Å². The highest BCUT2D eigenvalue weighted by Gasteiger charge is 2.34. The zero-order valence-corrected chi connectivity index (χ0v) is 18.2. The lowest BCUT2D eigenvalue weighted by Crippen LogP contribution is -2.49. The minimum Gasteiger partial charge on any atom is -0.488 e. The molecule has 0 spiro atoms. The Morgan fingerprint density at radius 3 is 1.93 bits per heavy atom. The summed E-state index contributed by atoms with van der Waals surface area (Å²) in [5.41, 5.74) is -0.339. The SMILES string of the molecule is CN1CCN(C(=O)C(OC(=O)C(C)(C)C)c2ccc(OC(C)(C)C)cc2)CC1. The van der Waals surface area contributed by atoms with E-state index in [-0.39, 0.29) is 11.5 Å². The van der Waals surface area contributed by atoms with Crippen LogP contribution in [0.15, 0.2) is 24.3 Å². The Hall–Kier alpha value is -2.08. The van der Waals surface area contributed by atoms with Crippen molar-refractivity contribution in [2.45, 2.75) is 53.2 Å². The number of rotatable bonds is 4. The third-order valence-electron chi connectivity index (χ3n) is 4.48. The fraction of sp³-hybridized carbons (Fsp3) is 0.636. The first-order chi connectivity index (χ1) is 12.9. The summed E-state index contributed by atoms with van der Waals surface area (Å²) in [5.74, 6) is 0.148. The molecule has 0 saturated carbocycles. The molecular formula is C22H34N2O4. The minimum atomic E-state index is -0.946. The van der Waals surface area contributed by atoms with Gasteiger partial charge in [-0.3, -0.25) is 9.59 Å². The lowest BCUT2D eigenvalue weighted by molar-refractivity contribution is -0.168. The quantitative estimate of drug-likeness (QED) is 0.739. The van der Waals surface area contributed by atoms with E-state index < -0.39 is 17.5 Å². The number of nitrogens with zero attached hydrogens (tertiary/aromatic N) is 2. The van der Waals surface area contributed by atoms with E-state index in [1.165, 1.54) is 0 Å². The minimum absolute atomic E-state index is 0.171. The van der Waals surface area contributed by atoms with Crippen LogP contribution in [0.4, 0.5) is 0 Å². The first-order valence-corrected chi connectivity index (χ1v) is 9.84. The molecular weight excluding hydrogens is 356 g/mol. The number of esters is 1. The number of carbonyl (C=O) groups is 2. The molecule has 1 heterocycles. The van der Waals surface area contributed by atoms with Crippen molar-refractivity contribution >= 4 is 11.9 Å². The Kier molecular flexibility index (Phi) is 6.75. The molecule has 1 unspecified atom stereocenters. The van der Waals surface area contributed by atoms with Gasteiger partial charge in [0.05, 0.1) is 5.41 Å². The molecule has 6 nitrogen and oxygen atoms in total. The highest BCUT2D eigenvalue weighted by Crippen LogP contribution is 2.28. The number of ether oxygens (including phenoxy) is 2. The topological polar surface area (TPSA) is 59.1 Å². The summed E-state index contributed by atoms with van der Waals surface area (Å²) >= 11 is 0. The molecule has 0 aliphatic carbocycles. The average Bonchev–Trinajstić information content (AvgIpc) is 2.58. The van der Waals surface area contributed by atoms with Gasteiger partial charge in [0.25, 0.3) is 5.91 Å². The number of amides is 1. The molecule has 1 amide bonds. The van der Waals surface area contributed by atoms with Crippen LogP contribution in [0, 0.1) is 5.41 Å². The molecule has 1 atom stereocenters. The van der Waals surface area contributed by atoms with Gasteiger partial charge in [-0.2, -0.15) is 0 Å². The van der Waals surface area contributed by atoms with Gasteiger partial charge in [0.1, 0.15) is 11.4 Å². The molecule has 1 aliphatic heterocycles. The zero-order valence-electron chi connectivity index (χ0n) is 18.2. The van der Waals surface area contributed by atoms with Crippen LogP contribution < -0.4 is 4.74 Å². The number of hydrogen-bond donors (Lipinski definition) is 0. The van der Waals surface area contributed by atoms with Crippen molar-refractivity contribution in [3.05, 3.63) is 29.8 Å². The van der Waals surface area contributed by atoms with E-state index in [4.69, 9.17) is 9.47 Å². The fourth-order valence-corrected chi connectivity index (χ4v) is 2.80. The van der Waals surface area contributed by atoms with Crippen molar-refractivity contribution in [2.24, 2.45) is 5.41 Å². The van der Waals surface area contributed by atoms with Gasteiger partial charge in [0.15, 0.2) is 0 Å². The Labute approximate surface area is 168 Å². The lowest BCUT2D eigenvalue weighted by atomic mass is 9.97. The van der Waals surface area contributed by atoms with E-state index in [2.05, 4.69) is 4.90 Å². The van der Waals surface area contributed by atoms with Crippen molar-refractivity contribution in [3.63, 3.8) is 0 Å². The summed E-state index contributed by atoms with van der Waals surface area (Å²) in [6, 6.07) is 7.23. The van der Waals surface area contributed by atoms with Crippen LogP contribution >= 0.6 is 0 Å². The summed E-state index contributed by atoms with van der Waals surface area (Å²) in [6.45, 7) is 14.2. The molecule has 28 heavy (non-hydrogen) atoms. The molecule has 1 fully saturated rings. The molecule has 1 aromatic rings. The van der Waals surface area contributed by atoms with E-state index in [0.29, 0.717) is 24.4 Å². The van der Waals surface area contributed by atoms with Gasteiger partial charge in [-0.15, -0.1) is 0 Å². The highest BCUT2D eigenvalue weighted by atomic mass is 16.5. The van der Waals surface area contributed by atoms with E-state index in [1.54, 1.807) is 37.8 Å². The molecule has 1 aliphatic rings. The van der Waals surface area contributed by atoms with Gasteiger partial charge in [0.2, 0.25) is 6.10 Å². The Bertz CT molecular complexity index is 678. The van der Waals surface area contributed by atoms with Crippen molar-refractivity contribution < 1.29 is 19.1 Å². The van der Waals surface area contributed by atoms with E-state index >= 15 is 0 Å². The number of benzene rings is 1. The third kappa shape index (κ3) is 6.23. The monoisotopic (exact) mass is 390 g/mol. The molecule has 0 aromatic heterocycles. The second kappa shape index (κ2) is 8.52. The normalized spacial score (nSPS) is 17.2. The standard InChI is InChI=1S/C22H34N2O4/c1-21(2,3)20(26)27-18(19(25)24-14-12-23(7)13-15-24)16-8-10-17(11-9-16)28-22(4,5)6/h8-11,18H,12-15H2,1-7H3. The summed E-state index contributed by atoms with van der Waals surface area (Å²) in [4.78, 5) is 29.7. The Morgan fingerprint density at radius 2 is 1.46 bits per heavy atom. The van der Waals surface area contributed by atoms with Crippen molar-refractivity contribution in [1.82, 2.24) is 9.80 Å². The van der Waals surface area contributed by atoms with Gasteiger partial charge in [-0.1, -0.05) is 12.1 Å². The zero-order chi connectivity index (χ0) is 21.1. The maximum Gasteiger partial charge on any atom is 0.312 e. The lowest BCUT2D eigenvalue weighted by Gasteiger charge is -2.35. The predicted molar refractivity (Wildman–Crippen MR) is 109 cm³/mol. The molecule has 0 N–H and O–H groups in total. The van der Waals surface area contributed by atoms with E-state index in [9.17, 15) is 9.59 Å². The Balaban J connectivity index is 2.24. The van der Waals surface area contributed by atoms with E-state index in [0.717, 1.165) is 13.1 Å². The first-order valence-electron chi connectivity index (χ1n) is 9.84. The van der Waals surface area contributed by atoms with Gasteiger partial charge in [0, 0.05) is 31.7 Å². The number of hydrogen-bond acceptors (Lipinski definition) is 5. The largest absolute Gasteiger partial charge is 0.488 e. The summed E-state index contributed by atoms with van der Waals surface area (Å²) in [6.07, 6.45) is -0.946. The van der Waals surface area contributed by atoms with Crippen LogP contribution in [0.25, 0.3) is 0 Å². The molecule has 6 heteroatoms. The van der Waals surface area contributed by atoms with Gasteiger partial charge < -0.3 is 19.3 Å². The predicted octanol–water partition coefficient (Wildman–Crippen LogP) is 3.27. The number of carbonyl (C=O) groups excluding carboxylic acids is 2. The third-order valence-corrected chi connectivity index (χ3v) is 4.48. The van der Waals surface area contributed by atoms with E-state index in [1.807, 2.05) is 40.0 Å². The summed E-state index contributed by atoms with van der Waals surface area (Å²) < 4.78 is 11.6. The summed E-state index contributed by atoms with van der Waals surface area (Å²) in [5, 5.41) is 0. The van der Waals surface area contributed by atoms with Crippen LogP contribution in [0.5, 0.6) is 5.75 Å². The van der Waals surface area contributed by atoms with Crippen LogP contribution in [-0.4, -0.2) is 60.5 Å².